The first-order chi connectivity index (χ1) is 8.40. The zero-order chi connectivity index (χ0) is 13.8. The van der Waals surface area contributed by atoms with Crippen LogP contribution in [0.15, 0.2) is 17.3 Å². The van der Waals surface area contributed by atoms with Crippen LogP contribution in [0.4, 0.5) is 0 Å². The van der Waals surface area contributed by atoms with Crippen LogP contribution in [0.25, 0.3) is 0 Å². The predicted molar refractivity (Wildman–Crippen MR) is 75.2 cm³/mol. The Morgan fingerprint density at radius 1 is 1.44 bits per heavy atom. The van der Waals surface area contributed by atoms with Gasteiger partial charge in [0.05, 0.1) is 6.20 Å². The highest BCUT2D eigenvalue weighted by atomic mass is 79.9. The molecule has 0 bridgehead atoms. The van der Waals surface area contributed by atoms with Crippen molar-refractivity contribution < 1.29 is 8.42 Å². The van der Waals surface area contributed by atoms with Gasteiger partial charge >= 0.3 is 0 Å². The summed E-state index contributed by atoms with van der Waals surface area (Å²) < 4.78 is 28.0. The van der Waals surface area contributed by atoms with Gasteiger partial charge in [-0.3, -0.25) is 4.68 Å². The highest BCUT2D eigenvalue weighted by Crippen LogP contribution is 2.20. The van der Waals surface area contributed by atoms with E-state index >= 15 is 0 Å². The van der Waals surface area contributed by atoms with Gasteiger partial charge in [0.25, 0.3) is 0 Å². The van der Waals surface area contributed by atoms with Gasteiger partial charge in [-0.25, -0.2) is 13.1 Å². The fourth-order valence-electron chi connectivity index (χ4n) is 1.78. The van der Waals surface area contributed by atoms with E-state index in [0.29, 0.717) is 12.5 Å². The van der Waals surface area contributed by atoms with Gasteiger partial charge in [-0.15, -0.1) is 0 Å². The van der Waals surface area contributed by atoms with Gasteiger partial charge in [0, 0.05) is 24.6 Å². The zero-order valence-electron chi connectivity index (χ0n) is 10.9. The van der Waals surface area contributed by atoms with E-state index in [2.05, 4.69) is 39.6 Å². The second-order valence-electron chi connectivity index (χ2n) is 4.29. The topological polar surface area (TPSA) is 64.0 Å². The van der Waals surface area contributed by atoms with Gasteiger partial charge < -0.3 is 0 Å². The van der Waals surface area contributed by atoms with Crippen LogP contribution >= 0.6 is 15.9 Å². The molecule has 0 aliphatic carbocycles. The van der Waals surface area contributed by atoms with Crippen LogP contribution in [0.1, 0.15) is 26.7 Å². The Kier molecular flexibility index (Phi) is 5.81. The van der Waals surface area contributed by atoms with Gasteiger partial charge in [0.15, 0.2) is 0 Å². The number of aryl methyl sites for hydroxylation is 1. The van der Waals surface area contributed by atoms with Crippen LogP contribution < -0.4 is 4.72 Å². The second-order valence-corrected chi connectivity index (χ2v) is 7.24. The van der Waals surface area contributed by atoms with Crippen LogP contribution in [-0.4, -0.2) is 29.6 Å². The lowest BCUT2D eigenvalue weighted by atomic mass is 10.00. The molecule has 7 heteroatoms. The average molecular weight is 338 g/mol. The van der Waals surface area contributed by atoms with Crippen molar-refractivity contribution in [3.05, 3.63) is 12.4 Å². The molecule has 0 saturated carbocycles. The zero-order valence-corrected chi connectivity index (χ0v) is 13.3. The van der Waals surface area contributed by atoms with Crippen molar-refractivity contribution in [1.29, 1.82) is 0 Å². The number of sulfonamides is 1. The van der Waals surface area contributed by atoms with Crippen LogP contribution in [0.3, 0.4) is 0 Å². The highest BCUT2D eigenvalue weighted by molar-refractivity contribution is 9.09. The number of halogens is 1. The third-order valence-electron chi connectivity index (χ3n) is 3.02. The molecule has 1 atom stereocenters. The van der Waals surface area contributed by atoms with E-state index < -0.39 is 10.0 Å². The van der Waals surface area contributed by atoms with Crippen LogP contribution in [0.2, 0.25) is 0 Å². The molecule has 0 spiro atoms. The van der Waals surface area contributed by atoms with Crippen molar-refractivity contribution in [3.8, 4) is 0 Å². The molecule has 1 aromatic heterocycles. The summed E-state index contributed by atoms with van der Waals surface area (Å²) in [6, 6.07) is 0. The smallest absolute Gasteiger partial charge is 0.243 e. The van der Waals surface area contributed by atoms with Gasteiger partial charge in [-0.05, 0) is 5.92 Å². The second kappa shape index (κ2) is 6.68. The third-order valence-corrected chi connectivity index (χ3v) is 5.47. The van der Waals surface area contributed by atoms with Crippen LogP contribution in [0.5, 0.6) is 0 Å². The summed E-state index contributed by atoms with van der Waals surface area (Å²) >= 11 is 3.55. The average Bonchev–Trinajstić information content (AvgIpc) is 2.76. The monoisotopic (exact) mass is 337 g/mol. The number of nitrogens with zero attached hydrogens (tertiary/aromatic N) is 2. The molecule has 18 heavy (non-hydrogen) atoms. The van der Waals surface area contributed by atoms with Gasteiger partial charge in [-0.1, -0.05) is 42.6 Å². The van der Waals surface area contributed by atoms with E-state index in [1.165, 1.54) is 17.1 Å². The number of hydrogen-bond donors (Lipinski definition) is 1. The largest absolute Gasteiger partial charge is 0.274 e. The maximum absolute atomic E-state index is 12.0. The van der Waals surface area contributed by atoms with Gasteiger partial charge in [0.2, 0.25) is 10.0 Å². The summed E-state index contributed by atoms with van der Waals surface area (Å²) in [7, 11) is -1.76. The summed E-state index contributed by atoms with van der Waals surface area (Å²) in [5.74, 6) is 0.474. The van der Waals surface area contributed by atoms with E-state index in [1.54, 1.807) is 7.05 Å². The molecule has 1 aromatic rings. The minimum absolute atomic E-state index is 0.152. The Hall–Kier alpha value is -0.400. The maximum Gasteiger partial charge on any atom is 0.243 e. The van der Waals surface area contributed by atoms with E-state index in [9.17, 15) is 8.42 Å². The van der Waals surface area contributed by atoms with Gasteiger partial charge in [-0.2, -0.15) is 5.10 Å². The molecule has 1 unspecified atom stereocenters. The number of nitrogens with one attached hydrogen (secondary N) is 1. The van der Waals surface area contributed by atoms with Crippen molar-refractivity contribution in [2.75, 3.05) is 6.54 Å². The molecule has 5 nitrogen and oxygen atoms in total. The minimum Gasteiger partial charge on any atom is -0.274 e. The highest BCUT2D eigenvalue weighted by Gasteiger charge is 2.20. The molecule has 0 aliphatic heterocycles. The summed E-state index contributed by atoms with van der Waals surface area (Å²) in [6.45, 7) is 4.61. The van der Waals surface area contributed by atoms with Crippen LogP contribution in [-0.2, 0) is 17.1 Å². The molecule has 104 valence electrons. The number of rotatable bonds is 7. The molecule has 1 N–H and O–H groups in total. The SMILES string of the molecule is CCC(CC)C(Br)CNS(=O)(=O)c1cnn(C)c1. The summed E-state index contributed by atoms with van der Waals surface area (Å²) in [6.07, 6.45) is 4.90. The van der Waals surface area contributed by atoms with E-state index in [4.69, 9.17) is 0 Å². The Morgan fingerprint density at radius 2 is 2.06 bits per heavy atom. The molecule has 0 fully saturated rings. The summed E-state index contributed by atoms with van der Waals surface area (Å²) in [4.78, 5) is 0.355. The number of hydrogen-bond acceptors (Lipinski definition) is 3. The normalized spacial score (nSPS) is 14.1. The fourth-order valence-corrected chi connectivity index (χ4v) is 3.94. The summed E-state index contributed by atoms with van der Waals surface area (Å²) in [5, 5.41) is 3.86. The van der Waals surface area contributed by atoms with Crippen LogP contribution in [0, 0.1) is 5.92 Å². The maximum atomic E-state index is 12.0. The van der Waals surface area contributed by atoms with E-state index in [0.717, 1.165) is 12.8 Å². The van der Waals surface area contributed by atoms with Crippen molar-refractivity contribution in [3.63, 3.8) is 0 Å². The molecular weight excluding hydrogens is 318 g/mol. The predicted octanol–water partition coefficient (Wildman–Crippen LogP) is 1.90. The Labute approximate surface area is 117 Å². The van der Waals surface area contributed by atoms with Crippen molar-refractivity contribution in [2.45, 2.75) is 36.4 Å². The lowest BCUT2D eigenvalue weighted by Crippen LogP contribution is -2.32. The standard InChI is InChI=1S/C11H20BrN3O2S/c1-4-9(5-2)11(12)7-14-18(16,17)10-6-13-15(3)8-10/h6,8-9,11,14H,4-5,7H2,1-3H3. The molecule has 0 amide bonds. The minimum atomic E-state index is -3.45. The first-order valence-corrected chi connectivity index (χ1v) is 8.43. The van der Waals surface area contributed by atoms with Crippen molar-refractivity contribution in [1.82, 2.24) is 14.5 Å². The Bertz CT molecular complexity index is 468. The summed E-state index contributed by atoms with van der Waals surface area (Å²) in [5.41, 5.74) is 0. The lowest BCUT2D eigenvalue weighted by Gasteiger charge is -2.19. The third kappa shape index (κ3) is 4.07. The molecule has 0 saturated heterocycles. The van der Waals surface area contributed by atoms with Gasteiger partial charge in [0.1, 0.15) is 4.90 Å². The fraction of sp³-hybridized carbons (Fsp3) is 0.727. The number of aromatic nitrogens is 2. The first-order valence-electron chi connectivity index (χ1n) is 6.03. The first kappa shape index (κ1) is 15.7. The molecule has 1 rings (SSSR count). The molecule has 0 aromatic carbocycles. The van der Waals surface area contributed by atoms with E-state index in [-0.39, 0.29) is 9.72 Å². The molecule has 1 heterocycles. The number of alkyl halides is 1. The molecule has 0 radical (unpaired) electrons. The van der Waals surface area contributed by atoms with Crippen molar-refractivity contribution >= 4 is 26.0 Å². The molecular formula is C11H20BrN3O2S. The quantitative estimate of drug-likeness (QED) is 0.773. The Morgan fingerprint density at radius 3 is 2.50 bits per heavy atom. The van der Waals surface area contributed by atoms with E-state index in [1.807, 2.05) is 0 Å². The van der Waals surface area contributed by atoms with Crippen molar-refractivity contribution in [2.24, 2.45) is 13.0 Å². The Balaban J connectivity index is 2.62. The molecule has 0 aliphatic rings. The lowest BCUT2D eigenvalue weighted by molar-refractivity contribution is 0.471.